The monoisotopic (exact) mass is 317 g/mol. The number of hydrogen-bond acceptors (Lipinski definition) is 3. The summed E-state index contributed by atoms with van der Waals surface area (Å²) < 4.78 is 6.36. The number of hydrogen-bond donors (Lipinski definition) is 1. The minimum Gasteiger partial charge on any atom is -0.467 e. The van der Waals surface area contributed by atoms with Crippen LogP contribution in [-0.4, -0.2) is 0 Å². The van der Waals surface area contributed by atoms with Gasteiger partial charge in [0.1, 0.15) is 11.8 Å². The molecule has 0 saturated carbocycles. The minimum atomic E-state index is -0.0232. The Hall–Kier alpha value is -1.71. The molecule has 1 aromatic carbocycles. The summed E-state index contributed by atoms with van der Waals surface area (Å²) in [6, 6.07) is 16.3. The fourth-order valence-corrected chi connectivity index (χ4v) is 3.35. The van der Waals surface area contributed by atoms with E-state index in [1.54, 1.807) is 17.6 Å². The molecule has 0 radical (unpaired) electrons. The van der Waals surface area contributed by atoms with Gasteiger partial charge >= 0.3 is 0 Å². The summed E-state index contributed by atoms with van der Waals surface area (Å²) in [4.78, 5) is 1.13. The van der Waals surface area contributed by atoms with Gasteiger partial charge in [-0.25, -0.2) is 0 Å². The summed E-state index contributed by atoms with van der Waals surface area (Å²) in [5.74, 6) is 0.882. The van der Waals surface area contributed by atoms with Crippen LogP contribution in [0.25, 0.3) is 0 Å². The molecule has 4 heteroatoms. The summed E-state index contributed by atoms with van der Waals surface area (Å²) >= 11 is 7.63. The maximum atomic E-state index is 6.07. The molecule has 1 N–H and O–H groups in total. The molecular formula is C17H16ClNOS. The lowest BCUT2D eigenvalue weighted by atomic mass is 10.1. The second-order valence-electron chi connectivity index (χ2n) is 4.79. The first-order valence-corrected chi connectivity index (χ1v) is 8.10. The van der Waals surface area contributed by atoms with E-state index in [4.69, 9.17) is 16.0 Å². The van der Waals surface area contributed by atoms with Crippen molar-refractivity contribution < 1.29 is 4.42 Å². The van der Waals surface area contributed by atoms with E-state index in [9.17, 15) is 0 Å². The van der Waals surface area contributed by atoms with Crippen LogP contribution in [0.3, 0.4) is 0 Å². The van der Waals surface area contributed by atoms with Gasteiger partial charge in [-0.15, -0.1) is 11.3 Å². The largest absolute Gasteiger partial charge is 0.467 e. The van der Waals surface area contributed by atoms with Gasteiger partial charge in [0, 0.05) is 10.6 Å². The van der Waals surface area contributed by atoms with Gasteiger partial charge in [0.15, 0.2) is 0 Å². The molecule has 1 atom stereocenters. The van der Waals surface area contributed by atoms with E-state index in [0.717, 1.165) is 27.1 Å². The second kappa shape index (κ2) is 6.37. The fraction of sp³-hybridized carbons (Fsp3) is 0.176. The number of rotatable bonds is 5. The zero-order valence-electron chi connectivity index (χ0n) is 11.7. The Morgan fingerprint density at radius 1 is 1.14 bits per heavy atom. The summed E-state index contributed by atoms with van der Waals surface area (Å²) in [7, 11) is 0. The molecule has 0 fully saturated rings. The zero-order chi connectivity index (χ0) is 14.7. The van der Waals surface area contributed by atoms with E-state index in [1.165, 1.54) is 5.56 Å². The normalized spacial score (nSPS) is 12.3. The number of thiophene rings is 1. The first-order valence-electron chi connectivity index (χ1n) is 6.90. The minimum absolute atomic E-state index is 0.0232. The van der Waals surface area contributed by atoms with E-state index in [1.807, 2.05) is 24.3 Å². The number of aryl methyl sites for hydroxylation is 1. The molecule has 2 aromatic heterocycles. The molecule has 0 aliphatic heterocycles. The van der Waals surface area contributed by atoms with Crippen molar-refractivity contribution in [3.05, 3.63) is 75.3 Å². The predicted molar refractivity (Wildman–Crippen MR) is 89.3 cm³/mol. The van der Waals surface area contributed by atoms with Crippen LogP contribution in [0.15, 0.2) is 59.2 Å². The highest BCUT2D eigenvalue weighted by Gasteiger charge is 2.18. The van der Waals surface area contributed by atoms with Crippen LogP contribution in [0, 0.1) is 0 Å². The summed E-state index contributed by atoms with van der Waals surface area (Å²) in [6.45, 7) is 2.15. The van der Waals surface area contributed by atoms with Crippen LogP contribution in [0.1, 0.15) is 29.2 Å². The van der Waals surface area contributed by atoms with Gasteiger partial charge in [0.05, 0.1) is 10.6 Å². The zero-order valence-corrected chi connectivity index (χ0v) is 13.2. The van der Waals surface area contributed by atoms with Gasteiger partial charge in [-0.2, -0.15) is 0 Å². The van der Waals surface area contributed by atoms with Gasteiger partial charge in [-0.1, -0.05) is 30.7 Å². The highest BCUT2D eigenvalue weighted by Crippen LogP contribution is 2.33. The average Bonchev–Trinajstić information content (AvgIpc) is 3.17. The van der Waals surface area contributed by atoms with Crippen LogP contribution in [-0.2, 0) is 6.42 Å². The van der Waals surface area contributed by atoms with Crippen molar-refractivity contribution in [3.63, 3.8) is 0 Å². The van der Waals surface area contributed by atoms with E-state index in [2.05, 4.69) is 36.5 Å². The standard InChI is InChI=1S/C17H16ClNOS/c1-2-12-5-7-13(8-6-12)19-17(14-4-3-11-20-14)15-9-10-16(18)21-15/h3-11,17,19H,2H2,1H3. The number of furan rings is 1. The molecule has 0 bridgehead atoms. The molecule has 3 aromatic rings. The SMILES string of the molecule is CCc1ccc(NC(c2ccco2)c2ccc(Cl)s2)cc1. The fourth-order valence-electron chi connectivity index (χ4n) is 2.22. The summed E-state index contributed by atoms with van der Waals surface area (Å²) in [5, 5.41) is 3.52. The van der Waals surface area contributed by atoms with Crippen molar-refractivity contribution in [2.45, 2.75) is 19.4 Å². The predicted octanol–water partition coefficient (Wildman–Crippen LogP) is 5.76. The lowest BCUT2D eigenvalue weighted by molar-refractivity contribution is 0.501. The molecule has 0 saturated heterocycles. The van der Waals surface area contributed by atoms with Crippen molar-refractivity contribution in [2.75, 3.05) is 5.32 Å². The highest BCUT2D eigenvalue weighted by molar-refractivity contribution is 7.16. The van der Waals surface area contributed by atoms with Crippen molar-refractivity contribution in [2.24, 2.45) is 0 Å². The van der Waals surface area contributed by atoms with E-state index in [-0.39, 0.29) is 6.04 Å². The molecular weight excluding hydrogens is 302 g/mol. The Labute approximate surface area is 133 Å². The molecule has 108 valence electrons. The molecule has 3 rings (SSSR count). The molecule has 0 amide bonds. The van der Waals surface area contributed by atoms with Crippen molar-refractivity contribution >= 4 is 28.6 Å². The van der Waals surface area contributed by atoms with Crippen LogP contribution in [0.5, 0.6) is 0 Å². The van der Waals surface area contributed by atoms with Crippen LogP contribution in [0.4, 0.5) is 5.69 Å². The topological polar surface area (TPSA) is 25.2 Å². The molecule has 2 heterocycles. The van der Waals surface area contributed by atoms with E-state index < -0.39 is 0 Å². The quantitative estimate of drug-likeness (QED) is 0.647. The third-order valence-corrected chi connectivity index (χ3v) is 4.68. The Morgan fingerprint density at radius 3 is 2.52 bits per heavy atom. The smallest absolute Gasteiger partial charge is 0.131 e. The van der Waals surface area contributed by atoms with E-state index >= 15 is 0 Å². The maximum Gasteiger partial charge on any atom is 0.131 e. The Kier molecular flexibility index (Phi) is 4.32. The first kappa shape index (κ1) is 14.2. The molecule has 0 aliphatic rings. The molecule has 0 spiro atoms. The third-order valence-electron chi connectivity index (χ3n) is 3.38. The van der Waals surface area contributed by atoms with Gasteiger partial charge in [0.2, 0.25) is 0 Å². The number of anilines is 1. The van der Waals surface area contributed by atoms with Crippen LogP contribution >= 0.6 is 22.9 Å². The lowest BCUT2D eigenvalue weighted by Crippen LogP contribution is -2.10. The van der Waals surface area contributed by atoms with Crippen molar-refractivity contribution in [1.29, 1.82) is 0 Å². The summed E-state index contributed by atoms with van der Waals surface area (Å²) in [5.41, 5.74) is 2.40. The molecule has 21 heavy (non-hydrogen) atoms. The number of nitrogens with one attached hydrogen (secondary N) is 1. The molecule has 2 nitrogen and oxygen atoms in total. The van der Waals surface area contributed by atoms with Gasteiger partial charge < -0.3 is 9.73 Å². The third kappa shape index (κ3) is 3.31. The summed E-state index contributed by atoms with van der Waals surface area (Å²) in [6.07, 6.45) is 2.74. The molecule has 1 unspecified atom stereocenters. The van der Waals surface area contributed by atoms with Crippen LogP contribution in [0.2, 0.25) is 4.34 Å². The average molecular weight is 318 g/mol. The van der Waals surface area contributed by atoms with Crippen molar-refractivity contribution in [1.82, 2.24) is 0 Å². The van der Waals surface area contributed by atoms with Crippen molar-refractivity contribution in [3.8, 4) is 0 Å². The van der Waals surface area contributed by atoms with E-state index in [0.29, 0.717) is 0 Å². The Morgan fingerprint density at radius 2 is 1.95 bits per heavy atom. The van der Waals surface area contributed by atoms with Crippen LogP contribution < -0.4 is 5.32 Å². The maximum absolute atomic E-state index is 6.07. The number of benzene rings is 1. The Balaban J connectivity index is 1.88. The molecule has 0 aliphatic carbocycles. The highest BCUT2D eigenvalue weighted by atomic mass is 35.5. The van der Waals surface area contributed by atoms with Gasteiger partial charge in [-0.05, 0) is 48.4 Å². The van der Waals surface area contributed by atoms with Gasteiger partial charge in [0.25, 0.3) is 0 Å². The Bertz CT molecular complexity index is 688. The lowest BCUT2D eigenvalue weighted by Gasteiger charge is -2.17. The van der Waals surface area contributed by atoms with Gasteiger partial charge in [-0.3, -0.25) is 0 Å². The first-order chi connectivity index (χ1) is 10.3. The second-order valence-corrected chi connectivity index (χ2v) is 6.53. The number of halogens is 1.